The number of nitrogens with one attached hydrogen (secondary N) is 1. The van der Waals surface area contributed by atoms with Crippen molar-refractivity contribution in [1.82, 2.24) is 5.32 Å². The van der Waals surface area contributed by atoms with Crippen molar-refractivity contribution < 1.29 is 43.0 Å². The van der Waals surface area contributed by atoms with Crippen LogP contribution in [-0.4, -0.2) is 38.2 Å². The second-order valence-electron chi connectivity index (χ2n) is 5.03. The van der Waals surface area contributed by atoms with E-state index in [0.29, 0.717) is 23.7 Å². The van der Waals surface area contributed by atoms with E-state index < -0.39 is 6.04 Å². The zero-order chi connectivity index (χ0) is 17.7. The molecular formula is C17H22IN2O4S-. The van der Waals surface area contributed by atoms with Gasteiger partial charge in [0, 0.05) is 17.3 Å². The van der Waals surface area contributed by atoms with Crippen LogP contribution >= 0.6 is 11.8 Å². The molecule has 6 nitrogen and oxygen atoms in total. The Morgan fingerprint density at radius 3 is 2.60 bits per heavy atom. The van der Waals surface area contributed by atoms with Gasteiger partial charge < -0.3 is 43.5 Å². The van der Waals surface area contributed by atoms with Gasteiger partial charge >= 0.3 is 5.97 Å². The highest BCUT2D eigenvalue weighted by Gasteiger charge is 2.32. The van der Waals surface area contributed by atoms with Crippen molar-refractivity contribution in [2.75, 3.05) is 27.1 Å². The predicted molar refractivity (Wildman–Crippen MR) is 95.7 cm³/mol. The van der Waals surface area contributed by atoms with Crippen LogP contribution in [0.4, 0.5) is 0 Å². The topological polar surface area (TPSA) is 69.2 Å². The third-order valence-electron chi connectivity index (χ3n) is 3.64. The lowest BCUT2D eigenvalue weighted by Crippen LogP contribution is -3.00. The lowest BCUT2D eigenvalue weighted by atomic mass is 9.95. The molecule has 1 unspecified atom stereocenters. The highest BCUT2D eigenvalue weighted by atomic mass is 127. The van der Waals surface area contributed by atoms with E-state index in [0.717, 1.165) is 16.4 Å². The molecule has 0 amide bonds. The van der Waals surface area contributed by atoms with Gasteiger partial charge in [0.05, 0.1) is 26.4 Å². The molecule has 0 fully saturated rings. The number of aliphatic imine (C=N–C) groups is 1. The zero-order valence-electron chi connectivity index (χ0n) is 14.9. The fraction of sp³-hybridized carbons (Fsp3) is 0.412. The summed E-state index contributed by atoms with van der Waals surface area (Å²) in [5.74, 6) is 0.909. The molecule has 1 aliphatic rings. The number of nitrogens with zero attached hydrogens (tertiary/aromatic N) is 1. The fourth-order valence-corrected chi connectivity index (χ4v) is 2.96. The van der Waals surface area contributed by atoms with E-state index in [2.05, 4.69) is 10.3 Å². The zero-order valence-corrected chi connectivity index (χ0v) is 17.9. The Morgan fingerprint density at radius 2 is 2.04 bits per heavy atom. The maximum absolute atomic E-state index is 12.4. The Bertz CT molecular complexity index is 691. The smallest absolute Gasteiger partial charge is 0.338 e. The van der Waals surface area contributed by atoms with Gasteiger partial charge in [0.2, 0.25) is 0 Å². The van der Waals surface area contributed by atoms with Crippen LogP contribution in [0.1, 0.15) is 25.5 Å². The molecule has 1 heterocycles. The van der Waals surface area contributed by atoms with Crippen LogP contribution in [0.5, 0.6) is 11.5 Å². The van der Waals surface area contributed by atoms with E-state index in [-0.39, 0.29) is 29.9 Å². The molecule has 0 aliphatic carbocycles. The van der Waals surface area contributed by atoms with E-state index in [9.17, 15) is 4.79 Å². The Labute approximate surface area is 169 Å². The maximum atomic E-state index is 12.4. The summed E-state index contributed by atoms with van der Waals surface area (Å²) < 4.78 is 15.9. The molecule has 25 heavy (non-hydrogen) atoms. The van der Waals surface area contributed by atoms with Crippen molar-refractivity contribution >= 4 is 22.9 Å². The number of ether oxygens (including phenoxy) is 3. The number of rotatable bonds is 5. The number of methoxy groups -OCH3 is 2. The quantitative estimate of drug-likeness (QED) is 0.473. The molecule has 1 aromatic rings. The highest BCUT2D eigenvalue weighted by molar-refractivity contribution is 8.13. The first-order valence-corrected chi connectivity index (χ1v) is 8.76. The van der Waals surface area contributed by atoms with Crippen LogP contribution in [0.15, 0.2) is 34.5 Å². The molecule has 0 aromatic heterocycles. The average molecular weight is 477 g/mol. The molecule has 0 saturated heterocycles. The SMILES string of the molecule is CCOC(=O)C1=C(C)NC(SC)=NC1c1ccc(OC)cc1OC.[I-]. The Balaban J connectivity index is 0.00000312. The molecule has 0 spiro atoms. The lowest BCUT2D eigenvalue weighted by Gasteiger charge is -2.26. The average Bonchev–Trinajstić information content (AvgIpc) is 2.60. The number of halogens is 1. The molecule has 0 bridgehead atoms. The first-order valence-electron chi connectivity index (χ1n) is 7.54. The molecule has 1 aliphatic heterocycles. The minimum atomic E-state index is -0.492. The van der Waals surface area contributed by atoms with Gasteiger partial charge in [0.15, 0.2) is 5.17 Å². The Hall–Kier alpha value is -1.42. The molecular weight excluding hydrogens is 455 g/mol. The standard InChI is InChI=1S/C17H22N2O4S.HI/c1-6-23-16(20)14-10(2)18-17(24-5)19-15(14)12-8-7-11(21-3)9-13(12)22-4;/h7-9,15H,6H2,1-5H3,(H,18,19);1H/p-1. The van der Waals surface area contributed by atoms with Gasteiger partial charge in [0.1, 0.15) is 17.5 Å². The number of carbonyl (C=O) groups excluding carboxylic acids is 1. The minimum absolute atomic E-state index is 0. The van der Waals surface area contributed by atoms with Gasteiger partial charge in [-0.2, -0.15) is 0 Å². The van der Waals surface area contributed by atoms with Crippen molar-refractivity contribution in [2.45, 2.75) is 19.9 Å². The van der Waals surface area contributed by atoms with Crippen LogP contribution in [0.3, 0.4) is 0 Å². The third kappa shape index (κ3) is 4.81. The molecule has 0 saturated carbocycles. The molecule has 138 valence electrons. The number of esters is 1. The summed E-state index contributed by atoms with van der Waals surface area (Å²) in [6.07, 6.45) is 1.93. The van der Waals surface area contributed by atoms with E-state index in [4.69, 9.17) is 14.2 Å². The summed E-state index contributed by atoms with van der Waals surface area (Å²) in [5.41, 5.74) is 2.00. The van der Waals surface area contributed by atoms with Crippen LogP contribution < -0.4 is 38.8 Å². The molecule has 1 aromatic carbocycles. The van der Waals surface area contributed by atoms with Crippen LogP contribution in [0.25, 0.3) is 0 Å². The highest BCUT2D eigenvalue weighted by Crippen LogP contribution is 2.38. The van der Waals surface area contributed by atoms with Crippen LogP contribution in [0.2, 0.25) is 0 Å². The fourth-order valence-electron chi connectivity index (χ4n) is 2.49. The number of hydrogen-bond donors (Lipinski definition) is 1. The minimum Gasteiger partial charge on any atom is -1.00 e. The number of amidine groups is 1. The summed E-state index contributed by atoms with van der Waals surface area (Å²) in [5, 5.41) is 3.88. The summed E-state index contributed by atoms with van der Waals surface area (Å²) in [7, 11) is 3.18. The Kier molecular flexibility index (Phi) is 8.57. The number of thioether (sulfide) groups is 1. The summed E-state index contributed by atoms with van der Waals surface area (Å²) in [4.78, 5) is 17.1. The normalized spacial score (nSPS) is 16.4. The second kappa shape index (κ2) is 9.91. The van der Waals surface area contributed by atoms with Gasteiger partial charge in [-0.05, 0) is 32.2 Å². The van der Waals surface area contributed by atoms with Crippen molar-refractivity contribution in [1.29, 1.82) is 0 Å². The molecule has 8 heteroatoms. The second-order valence-corrected chi connectivity index (χ2v) is 5.83. The monoisotopic (exact) mass is 477 g/mol. The number of carbonyl (C=O) groups is 1. The van der Waals surface area contributed by atoms with Gasteiger partial charge in [-0.25, -0.2) is 9.79 Å². The predicted octanol–water partition coefficient (Wildman–Crippen LogP) is -0.0918. The van der Waals surface area contributed by atoms with E-state index in [1.54, 1.807) is 27.2 Å². The van der Waals surface area contributed by atoms with Gasteiger partial charge in [-0.1, -0.05) is 11.8 Å². The number of allylic oxidation sites excluding steroid dienone is 1. The van der Waals surface area contributed by atoms with Crippen LogP contribution in [-0.2, 0) is 9.53 Å². The summed E-state index contributed by atoms with van der Waals surface area (Å²) >= 11 is 1.48. The van der Waals surface area contributed by atoms with E-state index >= 15 is 0 Å². The van der Waals surface area contributed by atoms with Gasteiger partial charge in [0.25, 0.3) is 0 Å². The van der Waals surface area contributed by atoms with Crippen LogP contribution in [0, 0.1) is 0 Å². The largest absolute Gasteiger partial charge is 1.00 e. The number of hydrogen-bond acceptors (Lipinski definition) is 7. The third-order valence-corrected chi connectivity index (χ3v) is 4.24. The van der Waals surface area contributed by atoms with Crippen molar-refractivity contribution in [3.05, 3.63) is 35.0 Å². The molecule has 1 N–H and O–H groups in total. The van der Waals surface area contributed by atoms with Crippen molar-refractivity contribution in [3.8, 4) is 11.5 Å². The first kappa shape index (κ1) is 21.6. The molecule has 2 rings (SSSR count). The van der Waals surface area contributed by atoms with E-state index in [1.807, 2.05) is 25.3 Å². The lowest BCUT2D eigenvalue weighted by molar-refractivity contribution is -0.138. The maximum Gasteiger partial charge on any atom is 0.338 e. The van der Waals surface area contributed by atoms with Gasteiger partial charge in [-0.3, -0.25) is 0 Å². The van der Waals surface area contributed by atoms with Gasteiger partial charge in [-0.15, -0.1) is 0 Å². The molecule has 0 radical (unpaired) electrons. The van der Waals surface area contributed by atoms with E-state index in [1.165, 1.54) is 11.8 Å². The van der Waals surface area contributed by atoms with Crippen molar-refractivity contribution in [2.24, 2.45) is 4.99 Å². The van der Waals surface area contributed by atoms with Crippen molar-refractivity contribution in [3.63, 3.8) is 0 Å². The number of benzene rings is 1. The first-order chi connectivity index (χ1) is 11.5. The molecule has 1 atom stereocenters. The summed E-state index contributed by atoms with van der Waals surface area (Å²) in [6.45, 7) is 3.94. The Morgan fingerprint density at radius 1 is 1.32 bits per heavy atom. The summed E-state index contributed by atoms with van der Waals surface area (Å²) in [6, 6.07) is 4.98.